The quantitative estimate of drug-likeness (QED) is 0.629. The number of rotatable bonds is 3. The normalized spacial score (nSPS) is 27.4. The van der Waals surface area contributed by atoms with Crippen LogP contribution in [0.15, 0.2) is 48.5 Å². The molecule has 0 amide bonds. The Morgan fingerprint density at radius 1 is 0.800 bits per heavy atom. The molecule has 0 aliphatic carbocycles. The molecule has 0 spiro atoms. The van der Waals surface area contributed by atoms with Gasteiger partial charge in [-0.25, -0.2) is 0 Å². The molecule has 2 aromatic carbocycles. The Labute approximate surface area is 170 Å². The lowest BCUT2D eigenvalue weighted by Gasteiger charge is -2.45. The predicted molar refractivity (Wildman–Crippen MR) is 98.4 cm³/mol. The SMILES string of the molecule is OC1(c2c(C(F)(F)F)cccc2C(F)(F)F)CC2CCC(C1)N2Cc1ccccc1. The van der Waals surface area contributed by atoms with E-state index in [1.165, 1.54) is 0 Å². The van der Waals surface area contributed by atoms with Gasteiger partial charge in [-0.05, 0) is 43.4 Å². The van der Waals surface area contributed by atoms with Crippen LogP contribution in [0, 0.1) is 0 Å². The van der Waals surface area contributed by atoms with Crippen molar-refractivity contribution in [2.45, 2.75) is 62.3 Å². The molecule has 2 heterocycles. The van der Waals surface area contributed by atoms with E-state index in [0.29, 0.717) is 31.5 Å². The number of hydrogen-bond donors (Lipinski definition) is 1. The molecule has 2 nitrogen and oxygen atoms in total. The maximum absolute atomic E-state index is 13.6. The molecular formula is C22H21F6NO. The molecule has 2 unspecified atom stereocenters. The van der Waals surface area contributed by atoms with E-state index >= 15 is 0 Å². The summed E-state index contributed by atoms with van der Waals surface area (Å²) in [6.45, 7) is 0.555. The maximum atomic E-state index is 13.6. The zero-order valence-corrected chi connectivity index (χ0v) is 16.0. The average Bonchev–Trinajstić information content (AvgIpc) is 2.91. The standard InChI is InChI=1S/C22H21F6NO/c23-21(24,25)17-7-4-8-18(22(26,27)28)19(17)20(30)11-15-9-10-16(12-20)29(15)13-14-5-2-1-3-6-14/h1-8,15-16,30H,9-13H2. The summed E-state index contributed by atoms with van der Waals surface area (Å²) >= 11 is 0. The number of aliphatic hydroxyl groups is 1. The van der Waals surface area contributed by atoms with Crippen LogP contribution in [0.4, 0.5) is 26.3 Å². The minimum absolute atomic E-state index is 0.160. The van der Waals surface area contributed by atoms with Crippen LogP contribution in [0.1, 0.15) is 47.9 Å². The largest absolute Gasteiger partial charge is 0.416 e. The number of piperidine rings is 1. The number of halogens is 6. The molecule has 2 aromatic rings. The van der Waals surface area contributed by atoms with Crippen molar-refractivity contribution in [1.82, 2.24) is 4.90 Å². The van der Waals surface area contributed by atoms with Gasteiger partial charge in [-0.15, -0.1) is 0 Å². The summed E-state index contributed by atoms with van der Waals surface area (Å²) in [6, 6.07) is 10.9. The highest BCUT2D eigenvalue weighted by Crippen LogP contribution is 2.52. The van der Waals surface area contributed by atoms with E-state index < -0.39 is 34.6 Å². The van der Waals surface area contributed by atoms with Gasteiger partial charge in [0.1, 0.15) is 0 Å². The van der Waals surface area contributed by atoms with Gasteiger partial charge in [0.2, 0.25) is 0 Å². The van der Waals surface area contributed by atoms with Crippen molar-refractivity contribution in [3.05, 3.63) is 70.8 Å². The number of fused-ring (bicyclic) bond motifs is 2. The minimum Gasteiger partial charge on any atom is -0.385 e. The predicted octanol–water partition coefficient (Wildman–Crippen LogP) is 5.74. The summed E-state index contributed by atoms with van der Waals surface area (Å²) < 4.78 is 81.8. The van der Waals surface area contributed by atoms with E-state index in [2.05, 4.69) is 4.90 Å². The maximum Gasteiger partial charge on any atom is 0.416 e. The molecule has 4 rings (SSSR count). The van der Waals surface area contributed by atoms with Crippen LogP contribution in [-0.4, -0.2) is 22.1 Å². The van der Waals surface area contributed by atoms with Gasteiger partial charge in [0.25, 0.3) is 0 Å². The third-order valence-corrected chi connectivity index (χ3v) is 6.27. The minimum atomic E-state index is -4.99. The molecule has 2 aliphatic rings. The van der Waals surface area contributed by atoms with Gasteiger partial charge in [0.15, 0.2) is 0 Å². The summed E-state index contributed by atoms with van der Waals surface area (Å²) in [5.74, 6) is 0. The zero-order chi connectivity index (χ0) is 21.7. The molecule has 2 fully saturated rings. The number of hydrogen-bond acceptors (Lipinski definition) is 2. The van der Waals surface area contributed by atoms with E-state index in [4.69, 9.17) is 0 Å². The van der Waals surface area contributed by atoms with Gasteiger partial charge in [0, 0.05) is 24.2 Å². The highest BCUT2D eigenvalue weighted by Gasteiger charge is 2.53. The van der Waals surface area contributed by atoms with Crippen molar-refractivity contribution < 1.29 is 31.4 Å². The van der Waals surface area contributed by atoms with Crippen LogP contribution < -0.4 is 0 Å². The van der Waals surface area contributed by atoms with Gasteiger partial charge in [-0.2, -0.15) is 26.3 Å². The Bertz CT molecular complexity index is 862. The van der Waals surface area contributed by atoms with Crippen molar-refractivity contribution >= 4 is 0 Å². The molecule has 0 aromatic heterocycles. The van der Waals surface area contributed by atoms with E-state index in [9.17, 15) is 31.4 Å². The third-order valence-electron chi connectivity index (χ3n) is 6.27. The first-order valence-corrected chi connectivity index (χ1v) is 9.79. The Balaban J connectivity index is 1.72. The van der Waals surface area contributed by atoms with Gasteiger partial charge in [0.05, 0.1) is 16.7 Å². The van der Waals surface area contributed by atoms with Crippen LogP contribution in [0.3, 0.4) is 0 Å². The first-order valence-electron chi connectivity index (χ1n) is 9.79. The second-order valence-corrected chi connectivity index (χ2v) is 8.21. The summed E-state index contributed by atoms with van der Waals surface area (Å²) in [6.07, 6.45) is -9.04. The van der Waals surface area contributed by atoms with Crippen LogP contribution in [-0.2, 0) is 24.5 Å². The number of nitrogens with zero attached hydrogens (tertiary/aromatic N) is 1. The Hall–Kier alpha value is -2.06. The smallest absolute Gasteiger partial charge is 0.385 e. The molecule has 2 saturated heterocycles. The molecule has 2 atom stereocenters. The molecule has 30 heavy (non-hydrogen) atoms. The van der Waals surface area contributed by atoms with Gasteiger partial charge >= 0.3 is 12.4 Å². The van der Waals surface area contributed by atoms with E-state index in [-0.39, 0.29) is 24.9 Å². The van der Waals surface area contributed by atoms with Gasteiger partial charge in [-0.1, -0.05) is 36.4 Å². The fraction of sp³-hybridized carbons (Fsp3) is 0.455. The van der Waals surface area contributed by atoms with Crippen molar-refractivity contribution in [3.63, 3.8) is 0 Å². The molecule has 0 saturated carbocycles. The molecule has 2 aliphatic heterocycles. The van der Waals surface area contributed by atoms with Crippen molar-refractivity contribution in [2.75, 3.05) is 0 Å². The molecule has 0 radical (unpaired) electrons. The van der Waals surface area contributed by atoms with E-state index in [0.717, 1.165) is 11.6 Å². The summed E-state index contributed by atoms with van der Waals surface area (Å²) in [7, 11) is 0. The van der Waals surface area contributed by atoms with E-state index in [1.807, 2.05) is 30.3 Å². The van der Waals surface area contributed by atoms with Crippen LogP contribution in [0.2, 0.25) is 0 Å². The van der Waals surface area contributed by atoms with Gasteiger partial charge < -0.3 is 5.11 Å². The first kappa shape index (κ1) is 21.2. The fourth-order valence-corrected chi connectivity index (χ4v) is 5.10. The second-order valence-electron chi connectivity index (χ2n) is 8.21. The van der Waals surface area contributed by atoms with Crippen molar-refractivity contribution in [3.8, 4) is 0 Å². The summed E-state index contributed by atoms with van der Waals surface area (Å²) in [5, 5.41) is 11.3. The van der Waals surface area contributed by atoms with E-state index in [1.54, 1.807) is 0 Å². The van der Waals surface area contributed by atoms with Crippen molar-refractivity contribution in [2.24, 2.45) is 0 Å². The average molecular weight is 429 g/mol. The first-order chi connectivity index (χ1) is 14.0. The molecular weight excluding hydrogens is 408 g/mol. The molecule has 162 valence electrons. The Kier molecular flexibility index (Phi) is 5.13. The molecule has 8 heteroatoms. The number of benzene rings is 2. The fourth-order valence-electron chi connectivity index (χ4n) is 5.10. The molecule has 1 N–H and O–H groups in total. The monoisotopic (exact) mass is 429 g/mol. The lowest BCUT2D eigenvalue weighted by molar-refractivity contribution is -0.152. The highest BCUT2D eigenvalue weighted by molar-refractivity contribution is 5.44. The molecule has 2 bridgehead atoms. The zero-order valence-electron chi connectivity index (χ0n) is 16.0. The van der Waals surface area contributed by atoms with Gasteiger partial charge in [-0.3, -0.25) is 4.90 Å². The Morgan fingerprint density at radius 3 is 1.77 bits per heavy atom. The third kappa shape index (κ3) is 3.83. The lowest BCUT2D eigenvalue weighted by atomic mass is 9.76. The summed E-state index contributed by atoms with van der Waals surface area (Å²) in [5.41, 5.74) is -5.00. The van der Waals surface area contributed by atoms with Crippen molar-refractivity contribution in [1.29, 1.82) is 0 Å². The topological polar surface area (TPSA) is 23.5 Å². The van der Waals surface area contributed by atoms with Crippen LogP contribution in [0.5, 0.6) is 0 Å². The second kappa shape index (κ2) is 7.27. The van der Waals surface area contributed by atoms with Crippen LogP contribution >= 0.6 is 0 Å². The lowest BCUT2D eigenvalue weighted by Crippen LogP contribution is -2.50. The highest BCUT2D eigenvalue weighted by atomic mass is 19.4. The number of alkyl halides is 6. The van der Waals surface area contributed by atoms with Crippen LogP contribution in [0.25, 0.3) is 0 Å². The Morgan fingerprint density at radius 2 is 1.30 bits per heavy atom. The summed E-state index contributed by atoms with van der Waals surface area (Å²) in [4.78, 5) is 2.10.